The van der Waals surface area contributed by atoms with Crippen molar-refractivity contribution in [2.24, 2.45) is 0 Å². The van der Waals surface area contributed by atoms with Gasteiger partial charge in [-0.15, -0.1) is 0 Å². The van der Waals surface area contributed by atoms with E-state index in [1.54, 1.807) is 25.1 Å². The van der Waals surface area contributed by atoms with Gasteiger partial charge in [-0.3, -0.25) is 14.9 Å². The van der Waals surface area contributed by atoms with Crippen LogP contribution in [0.5, 0.6) is 0 Å². The molecule has 0 saturated heterocycles. The fourth-order valence-electron chi connectivity index (χ4n) is 1.64. The normalized spacial score (nSPS) is 10.1. The number of rotatable bonds is 6. The molecule has 0 bridgehead atoms. The zero-order valence-electron chi connectivity index (χ0n) is 11.3. The van der Waals surface area contributed by atoms with Crippen molar-refractivity contribution in [3.05, 3.63) is 51.9 Å². The van der Waals surface area contributed by atoms with Crippen LogP contribution in [0.25, 0.3) is 0 Å². The second-order valence-corrected chi connectivity index (χ2v) is 4.32. The Morgan fingerprint density at radius 2 is 2.05 bits per heavy atom. The van der Waals surface area contributed by atoms with Crippen molar-refractivity contribution >= 4 is 17.3 Å². The summed E-state index contributed by atoms with van der Waals surface area (Å²) < 4.78 is 4.83. The summed E-state index contributed by atoms with van der Waals surface area (Å²) in [6, 6.07) is 7.61. The lowest BCUT2D eigenvalue weighted by Crippen LogP contribution is -2.28. The van der Waals surface area contributed by atoms with E-state index in [0.29, 0.717) is 18.8 Å². The third-order valence-electron chi connectivity index (χ3n) is 2.67. The molecule has 21 heavy (non-hydrogen) atoms. The van der Waals surface area contributed by atoms with E-state index in [1.807, 2.05) is 0 Å². The number of benzene rings is 1. The lowest BCUT2D eigenvalue weighted by molar-refractivity contribution is -0.384. The van der Waals surface area contributed by atoms with Crippen LogP contribution in [0.1, 0.15) is 16.2 Å². The highest BCUT2D eigenvalue weighted by atomic mass is 16.6. The minimum absolute atomic E-state index is 0.0366. The lowest BCUT2D eigenvalue weighted by atomic mass is 10.3. The van der Waals surface area contributed by atoms with E-state index in [0.717, 1.165) is 5.69 Å². The molecule has 8 heteroatoms. The molecule has 2 N–H and O–H groups in total. The van der Waals surface area contributed by atoms with Crippen LogP contribution in [0.15, 0.2) is 34.9 Å². The van der Waals surface area contributed by atoms with Gasteiger partial charge in [-0.25, -0.2) is 0 Å². The van der Waals surface area contributed by atoms with Gasteiger partial charge >= 0.3 is 0 Å². The van der Waals surface area contributed by atoms with Crippen molar-refractivity contribution in [2.45, 2.75) is 6.92 Å². The maximum Gasteiger partial charge on any atom is 0.289 e. The quantitative estimate of drug-likeness (QED) is 0.476. The minimum Gasteiger partial charge on any atom is -0.383 e. The molecule has 1 amide bonds. The molecule has 0 aliphatic carbocycles. The number of anilines is 1. The molecule has 1 heterocycles. The number of nitrogens with zero attached hydrogens (tertiary/aromatic N) is 2. The fourth-order valence-corrected chi connectivity index (χ4v) is 1.64. The molecule has 0 saturated carbocycles. The SMILES string of the molecule is Cc1cc(C(=O)NCCNc2ccc([N+](=O)[O-])cc2)on1. The average Bonchev–Trinajstić information content (AvgIpc) is 2.90. The van der Waals surface area contributed by atoms with Crippen LogP contribution < -0.4 is 10.6 Å². The molecule has 1 aromatic heterocycles. The molecule has 0 fully saturated rings. The molecule has 2 rings (SSSR count). The Kier molecular flexibility index (Phi) is 4.50. The Bertz CT molecular complexity index is 636. The second-order valence-electron chi connectivity index (χ2n) is 4.32. The topological polar surface area (TPSA) is 110 Å². The van der Waals surface area contributed by atoms with E-state index < -0.39 is 4.92 Å². The number of nitrogens with one attached hydrogen (secondary N) is 2. The van der Waals surface area contributed by atoms with Gasteiger partial charge in [0.2, 0.25) is 5.76 Å². The number of hydrogen-bond acceptors (Lipinski definition) is 6. The number of aromatic nitrogens is 1. The summed E-state index contributed by atoms with van der Waals surface area (Å²) in [5.74, 6) is -0.163. The van der Waals surface area contributed by atoms with E-state index in [-0.39, 0.29) is 17.4 Å². The number of nitro benzene ring substituents is 1. The summed E-state index contributed by atoms with van der Waals surface area (Å²) in [5.41, 5.74) is 1.42. The lowest BCUT2D eigenvalue weighted by Gasteiger charge is -2.06. The second kappa shape index (κ2) is 6.51. The number of carbonyl (C=O) groups excluding carboxylic acids is 1. The van der Waals surface area contributed by atoms with Gasteiger partial charge in [-0.1, -0.05) is 5.16 Å². The number of non-ortho nitro benzene ring substituents is 1. The third-order valence-corrected chi connectivity index (χ3v) is 2.67. The summed E-state index contributed by atoms with van der Waals surface area (Å²) in [7, 11) is 0. The van der Waals surface area contributed by atoms with Gasteiger partial charge < -0.3 is 15.2 Å². The first-order chi connectivity index (χ1) is 10.1. The highest BCUT2D eigenvalue weighted by Crippen LogP contribution is 2.14. The number of amides is 1. The number of carbonyl (C=O) groups is 1. The predicted octanol–water partition coefficient (Wildman–Crippen LogP) is 1.73. The highest BCUT2D eigenvalue weighted by Gasteiger charge is 2.10. The van der Waals surface area contributed by atoms with Gasteiger partial charge in [-0.05, 0) is 19.1 Å². The molecule has 0 spiro atoms. The molecule has 0 aliphatic rings. The van der Waals surface area contributed by atoms with Gasteiger partial charge in [0, 0.05) is 37.0 Å². The first kappa shape index (κ1) is 14.5. The molecule has 0 atom stereocenters. The Hall–Kier alpha value is -2.90. The third kappa shape index (κ3) is 4.03. The van der Waals surface area contributed by atoms with Crippen molar-refractivity contribution in [1.29, 1.82) is 0 Å². The first-order valence-electron chi connectivity index (χ1n) is 6.26. The zero-order chi connectivity index (χ0) is 15.2. The molecule has 1 aromatic carbocycles. The van der Waals surface area contributed by atoms with Crippen LogP contribution in [0, 0.1) is 17.0 Å². The maximum absolute atomic E-state index is 11.6. The molecule has 8 nitrogen and oxygen atoms in total. The summed E-state index contributed by atoms with van der Waals surface area (Å²) >= 11 is 0. The summed E-state index contributed by atoms with van der Waals surface area (Å²) in [6.45, 7) is 2.60. The van der Waals surface area contributed by atoms with E-state index >= 15 is 0 Å². The number of aryl methyl sites for hydroxylation is 1. The van der Waals surface area contributed by atoms with Crippen LogP contribution in [0.4, 0.5) is 11.4 Å². The van der Waals surface area contributed by atoms with Crippen molar-refractivity contribution in [3.63, 3.8) is 0 Å². The fraction of sp³-hybridized carbons (Fsp3) is 0.231. The van der Waals surface area contributed by atoms with E-state index in [9.17, 15) is 14.9 Å². The van der Waals surface area contributed by atoms with Crippen molar-refractivity contribution in [2.75, 3.05) is 18.4 Å². The molecule has 0 radical (unpaired) electrons. The molecular formula is C13H14N4O4. The van der Waals surface area contributed by atoms with Gasteiger partial charge in [0.15, 0.2) is 0 Å². The average molecular weight is 290 g/mol. The summed E-state index contributed by atoms with van der Waals surface area (Å²) in [5, 5.41) is 19.8. The Morgan fingerprint density at radius 3 is 2.62 bits per heavy atom. The van der Waals surface area contributed by atoms with Gasteiger partial charge in [-0.2, -0.15) is 0 Å². The summed E-state index contributed by atoms with van der Waals surface area (Å²) in [4.78, 5) is 21.7. The van der Waals surface area contributed by atoms with Gasteiger partial charge in [0.05, 0.1) is 10.6 Å². The van der Waals surface area contributed by atoms with Gasteiger partial charge in [0.1, 0.15) is 0 Å². The van der Waals surface area contributed by atoms with Crippen molar-refractivity contribution in [3.8, 4) is 0 Å². The molecule has 0 unspecified atom stereocenters. The molecule has 0 aliphatic heterocycles. The Morgan fingerprint density at radius 1 is 1.33 bits per heavy atom. The highest BCUT2D eigenvalue weighted by molar-refractivity contribution is 5.91. The van der Waals surface area contributed by atoms with Gasteiger partial charge in [0.25, 0.3) is 11.6 Å². The predicted molar refractivity (Wildman–Crippen MR) is 75.2 cm³/mol. The Balaban J connectivity index is 1.74. The summed E-state index contributed by atoms with van der Waals surface area (Å²) in [6.07, 6.45) is 0. The van der Waals surface area contributed by atoms with Crippen LogP contribution in [-0.2, 0) is 0 Å². The van der Waals surface area contributed by atoms with Crippen molar-refractivity contribution in [1.82, 2.24) is 10.5 Å². The molecule has 110 valence electrons. The van der Waals surface area contributed by atoms with E-state index in [4.69, 9.17) is 4.52 Å². The first-order valence-corrected chi connectivity index (χ1v) is 6.26. The standard InChI is InChI=1S/C13H14N4O4/c1-9-8-12(21-16-9)13(18)15-7-6-14-10-2-4-11(5-3-10)17(19)20/h2-5,8,14H,6-7H2,1H3,(H,15,18). The van der Waals surface area contributed by atoms with Crippen LogP contribution in [-0.4, -0.2) is 29.1 Å². The van der Waals surface area contributed by atoms with Crippen LogP contribution in [0.2, 0.25) is 0 Å². The number of hydrogen-bond donors (Lipinski definition) is 2. The number of nitro groups is 1. The van der Waals surface area contributed by atoms with Crippen LogP contribution >= 0.6 is 0 Å². The largest absolute Gasteiger partial charge is 0.383 e. The Labute approximate surface area is 120 Å². The maximum atomic E-state index is 11.6. The van der Waals surface area contributed by atoms with Crippen molar-refractivity contribution < 1.29 is 14.2 Å². The van der Waals surface area contributed by atoms with E-state index in [1.165, 1.54) is 12.1 Å². The smallest absolute Gasteiger partial charge is 0.289 e. The molecule has 2 aromatic rings. The monoisotopic (exact) mass is 290 g/mol. The minimum atomic E-state index is -0.455. The van der Waals surface area contributed by atoms with Crippen LogP contribution in [0.3, 0.4) is 0 Å². The zero-order valence-corrected chi connectivity index (χ0v) is 11.3. The molecular weight excluding hydrogens is 276 g/mol. The van der Waals surface area contributed by atoms with E-state index in [2.05, 4.69) is 15.8 Å².